The van der Waals surface area contributed by atoms with Crippen molar-refractivity contribution in [3.63, 3.8) is 0 Å². The zero-order valence-corrected chi connectivity index (χ0v) is 15.1. The average molecular weight is 349 g/mol. The highest BCUT2D eigenvalue weighted by molar-refractivity contribution is 6.31. The van der Waals surface area contributed by atoms with Crippen molar-refractivity contribution >= 4 is 17.6 Å². The van der Waals surface area contributed by atoms with E-state index in [2.05, 4.69) is 27.3 Å². The average Bonchev–Trinajstić information content (AvgIpc) is 3.09. The largest absolute Gasteiger partial charge is 0.357 e. The molecular formula is C17H25ClN6. The van der Waals surface area contributed by atoms with Crippen LogP contribution >= 0.6 is 11.6 Å². The maximum Gasteiger partial charge on any atom is 0.193 e. The van der Waals surface area contributed by atoms with Gasteiger partial charge in [-0.05, 0) is 31.4 Å². The fourth-order valence-electron chi connectivity index (χ4n) is 2.36. The number of aliphatic imine (C=N–C) groups is 1. The second-order valence-electron chi connectivity index (χ2n) is 5.59. The van der Waals surface area contributed by atoms with E-state index in [1.54, 1.807) is 12.7 Å². The Morgan fingerprint density at radius 2 is 2.00 bits per heavy atom. The summed E-state index contributed by atoms with van der Waals surface area (Å²) < 4.78 is 1.98. The number of aromatic nitrogens is 3. The Kier molecular flexibility index (Phi) is 7.55. The summed E-state index contributed by atoms with van der Waals surface area (Å²) in [6, 6.07) is 7.91. The molecule has 0 bridgehead atoms. The number of benzene rings is 1. The number of nitrogens with one attached hydrogen (secondary N) is 1. The number of unbranched alkanes of at least 4 members (excludes halogenated alkanes) is 1. The van der Waals surface area contributed by atoms with E-state index in [-0.39, 0.29) is 0 Å². The Bertz CT molecular complexity index is 626. The molecule has 130 valence electrons. The number of hydrogen-bond acceptors (Lipinski definition) is 3. The summed E-state index contributed by atoms with van der Waals surface area (Å²) in [6.07, 6.45) is 5.55. The van der Waals surface area contributed by atoms with E-state index < -0.39 is 0 Å². The van der Waals surface area contributed by atoms with E-state index in [0.717, 1.165) is 55.6 Å². The Morgan fingerprint density at radius 1 is 1.25 bits per heavy atom. The van der Waals surface area contributed by atoms with E-state index in [0.29, 0.717) is 0 Å². The lowest BCUT2D eigenvalue weighted by molar-refractivity contribution is 0.476. The molecule has 7 heteroatoms. The number of rotatable bonds is 8. The van der Waals surface area contributed by atoms with Crippen molar-refractivity contribution in [3.8, 4) is 0 Å². The first-order chi connectivity index (χ1) is 11.7. The van der Waals surface area contributed by atoms with Gasteiger partial charge in [0.2, 0.25) is 0 Å². The molecular weight excluding hydrogens is 324 g/mol. The minimum Gasteiger partial charge on any atom is -0.357 e. The molecule has 0 aliphatic carbocycles. The second-order valence-corrected chi connectivity index (χ2v) is 6.00. The van der Waals surface area contributed by atoms with Gasteiger partial charge >= 0.3 is 0 Å². The SMILES string of the molecule is CCNC(=NCCCCn1cnnc1)N(C)Cc1ccccc1Cl. The summed E-state index contributed by atoms with van der Waals surface area (Å²) in [5.74, 6) is 0.904. The van der Waals surface area contributed by atoms with Gasteiger partial charge in [-0.1, -0.05) is 29.8 Å². The van der Waals surface area contributed by atoms with Gasteiger partial charge in [-0.2, -0.15) is 0 Å². The number of halogens is 1. The van der Waals surface area contributed by atoms with Gasteiger partial charge in [0.15, 0.2) is 5.96 Å². The van der Waals surface area contributed by atoms with Crippen LogP contribution in [0.3, 0.4) is 0 Å². The lowest BCUT2D eigenvalue weighted by atomic mass is 10.2. The molecule has 2 rings (SSSR count). The number of guanidine groups is 1. The molecule has 6 nitrogen and oxygen atoms in total. The van der Waals surface area contributed by atoms with Crippen LogP contribution in [0.2, 0.25) is 5.02 Å². The monoisotopic (exact) mass is 348 g/mol. The van der Waals surface area contributed by atoms with Gasteiger partial charge < -0.3 is 14.8 Å². The van der Waals surface area contributed by atoms with Crippen LogP contribution in [0.15, 0.2) is 41.9 Å². The molecule has 2 aromatic rings. The first-order valence-electron chi connectivity index (χ1n) is 8.26. The van der Waals surface area contributed by atoms with Crippen LogP contribution in [0.5, 0.6) is 0 Å². The first-order valence-corrected chi connectivity index (χ1v) is 8.63. The number of nitrogens with zero attached hydrogens (tertiary/aromatic N) is 5. The fourth-order valence-corrected chi connectivity index (χ4v) is 2.55. The van der Waals surface area contributed by atoms with Gasteiger partial charge in [0, 0.05) is 38.2 Å². The quantitative estimate of drug-likeness (QED) is 0.453. The van der Waals surface area contributed by atoms with Crippen LogP contribution < -0.4 is 5.32 Å². The van der Waals surface area contributed by atoms with E-state index in [1.165, 1.54) is 0 Å². The maximum atomic E-state index is 6.25. The molecule has 0 saturated carbocycles. The topological polar surface area (TPSA) is 58.3 Å². The van der Waals surface area contributed by atoms with E-state index in [1.807, 2.05) is 35.9 Å². The smallest absolute Gasteiger partial charge is 0.193 e. The van der Waals surface area contributed by atoms with E-state index in [9.17, 15) is 0 Å². The highest BCUT2D eigenvalue weighted by Gasteiger charge is 2.08. The van der Waals surface area contributed by atoms with Crippen molar-refractivity contribution in [1.29, 1.82) is 0 Å². The van der Waals surface area contributed by atoms with Crippen LogP contribution in [0.1, 0.15) is 25.3 Å². The van der Waals surface area contributed by atoms with Gasteiger partial charge in [0.1, 0.15) is 12.7 Å². The van der Waals surface area contributed by atoms with E-state index >= 15 is 0 Å². The van der Waals surface area contributed by atoms with Crippen molar-refractivity contribution < 1.29 is 0 Å². The molecule has 1 aromatic carbocycles. The highest BCUT2D eigenvalue weighted by Crippen LogP contribution is 2.16. The molecule has 0 atom stereocenters. The zero-order valence-electron chi connectivity index (χ0n) is 14.3. The summed E-state index contributed by atoms with van der Waals surface area (Å²) in [7, 11) is 2.03. The minimum atomic E-state index is 0.728. The van der Waals surface area contributed by atoms with Crippen LogP contribution in [-0.2, 0) is 13.1 Å². The Hall–Kier alpha value is -2.08. The third-order valence-electron chi connectivity index (χ3n) is 3.61. The molecule has 1 N–H and O–H groups in total. The van der Waals surface area contributed by atoms with E-state index in [4.69, 9.17) is 16.6 Å². The predicted molar refractivity (Wildman–Crippen MR) is 98.2 cm³/mol. The fraction of sp³-hybridized carbons (Fsp3) is 0.471. The van der Waals surface area contributed by atoms with Crippen LogP contribution in [0.25, 0.3) is 0 Å². The molecule has 0 amide bonds. The summed E-state index contributed by atoms with van der Waals surface area (Å²) >= 11 is 6.25. The maximum absolute atomic E-state index is 6.25. The summed E-state index contributed by atoms with van der Waals surface area (Å²) in [4.78, 5) is 6.81. The third kappa shape index (κ3) is 5.85. The number of aryl methyl sites for hydroxylation is 1. The Balaban J connectivity index is 1.83. The van der Waals surface area contributed by atoms with Crippen molar-refractivity contribution in [1.82, 2.24) is 25.0 Å². The number of hydrogen-bond donors (Lipinski definition) is 1. The standard InChI is InChI=1S/C17H25ClN6/c1-3-19-17(20-10-6-7-11-24-13-21-22-14-24)23(2)12-15-8-4-5-9-16(15)18/h4-5,8-9,13-14H,3,6-7,10-12H2,1-2H3,(H,19,20). The van der Waals surface area contributed by atoms with Crippen LogP contribution in [0.4, 0.5) is 0 Å². The van der Waals surface area contributed by atoms with Crippen LogP contribution in [-0.4, -0.2) is 45.8 Å². The lowest BCUT2D eigenvalue weighted by Crippen LogP contribution is -2.38. The second kappa shape index (κ2) is 9.93. The van der Waals surface area contributed by atoms with Gasteiger partial charge in [-0.15, -0.1) is 10.2 Å². The molecule has 0 aliphatic rings. The van der Waals surface area contributed by atoms with Crippen LogP contribution in [0, 0.1) is 0 Å². The molecule has 0 saturated heterocycles. The van der Waals surface area contributed by atoms with Gasteiger partial charge in [0.05, 0.1) is 0 Å². The zero-order chi connectivity index (χ0) is 17.2. The van der Waals surface area contributed by atoms with Crippen molar-refractivity contribution in [3.05, 3.63) is 47.5 Å². The molecule has 24 heavy (non-hydrogen) atoms. The van der Waals surface area contributed by atoms with Gasteiger partial charge in [-0.25, -0.2) is 0 Å². The Morgan fingerprint density at radius 3 is 2.71 bits per heavy atom. The summed E-state index contributed by atoms with van der Waals surface area (Å²) in [6.45, 7) is 5.36. The predicted octanol–water partition coefficient (Wildman–Crippen LogP) is 2.81. The summed E-state index contributed by atoms with van der Waals surface area (Å²) in [5.41, 5.74) is 1.10. The molecule has 1 heterocycles. The normalized spacial score (nSPS) is 11.5. The van der Waals surface area contributed by atoms with Crippen molar-refractivity contribution in [2.45, 2.75) is 32.9 Å². The van der Waals surface area contributed by atoms with Crippen molar-refractivity contribution in [2.75, 3.05) is 20.1 Å². The highest BCUT2D eigenvalue weighted by atomic mass is 35.5. The summed E-state index contributed by atoms with van der Waals surface area (Å²) in [5, 5.41) is 11.7. The third-order valence-corrected chi connectivity index (χ3v) is 3.98. The van der Waals surface area contributed by atoms with Crippen molar-refractivity contribution in [2.24, 2.45) is 4.99 Å². The minimum absolute atomic E-state index is 0.728. The first kappa shape index (κ1) is 18.3. The molecule has 0 fully saturated rings. The molecule has 0 spiro atoms. The Labute approximate surface area is 148 Å². The van der Waals surface area contributed by atoms with Gasteiger partial charge in [0.25, 0.3) is 0 Å². The lowest BCUT2D eigenvalue weighted by Gasteiger charge is -2.22. The molecule has 0 radical (unpaired) electrons. The molecule has 0 aliphatic heterocycles. The molecule has 1 aromatic heterocycles. The molecule has 0 unspecified atom stereocenters. The van der Waals surface area contributed by atoms with Gasteiger partial charge in [-0.3, -0.25) is 4.99 Å².